The predicted molar refractivity (Wildman–Crippen MR) is 112 cm³/mol. The topological polar surface area (TPSA) is 65.4 Å². The average Bonchev–Trinajstić information content (AvgIpc) is 3.16. The molecule has 2 aromatic carbocycles. The van der Waals surface area contributed by atoms with Crippen molar-refractivity contribution in [2.45, 2.75) is 19.3 Å². The minimum atomic E-state index is -0.369. The Morgan fingerprint density at radius 2 is 2.13 bits per heavy atom. The highest BCUT2D eigenvalue weighted by molar-refractivity contribution is 5.94. The summed E-state index contributed by atoms with van der Waals surface area (Å²) in [6.07, 6.45) is 3.66. The zero-order chi connectivity index (χ0) is 21.1. The quantitative estimate of drug-likeness (QED) is 0.588. The van der Waals surface area contributed by atoms with Gasteiger partial charge in [0, 0.05) is 17.9 Å². The second-order valence-electron chi connectivity index (χ2n) is 6.88. The van der Waals surface area contributed by atoms with Crippen LogP contribution in [-0.4, -0.2) is 28.9 Å². The van der Waals surface area contributed by atoms with Gasteiger partial charge in [0.25, 0.3) is 0 Å². The van der Waals surface area contributed by atoms with E-state index in [4.69, 9.17) is 9.47 Å². The van der Waals surface area contributed by atoms with Crippen molar-refractivity contribution in [3.63, 3.8) is 0 Å². The number of anilines is 1. The van der Waals surface area contributed by atoms with Crippen molar-refractivity contribution in [1.29, 1.82) is 0 Å². The summed E-state index contributed by atoms with van der Waals surface area (Å²) in [4.78, 5) is 12.5. The maximum Gasteiger partial charge on any atom is 0.226 e. The smallest absolute Gasteiger partial charge is 0.226 e. The number of ether oxygens (including phenoxy) is 2. The third-order valence-electron chi connectivity index (χ3n) is 4.90. The number of nitrogens with one attached hydrogen (secondary N) is 1. The molecule has 0 radical (unpaired) electrons. The van der Waals surface area contributed by atoms with Crippen LogP contribution in [0.2, 0.25) is 0 Å². The van der Waals surface area contributed by atoms with Crippen molar-refractivity contribution < 1.29 is 18.7 Å². The highest BCUT2D eigenvalue weighted by Crippen LogP contribution is 2.40. The molecule has 1 unspecified atom stereocenters. The van der Waals surface area contributed by atoms with E-state index < -0.39 is 0 Å². The molecular formula is C23H22FN3O3. The van der Waals surface area contributed by atoms with Gasteiger partial charge in [0.1, 0.15) is 18.2 Å². The van der Waals surface area contributed by atoms with Crippen molar-refractivity contribution in [3.8, 4) is 17.2 Å². The summed E-state index contributed by atoms with van der Waals surface area (Å²) >= 11 is 0. The first kappa shape index (κ1) is 19.7. The van der Waals surface area contributed by atoms with Crippen LogP contribution < -0.4 is 14.8 Å². The Balaban J connectivity index is 1.74. The highest BCUT2D eigenvalue weighted by Gasteiger charge is 2.31. The molecule has 0 aliphatic carbocycles. The van der Waals surface area contributed by atoms with Gasteiger partial charge in [-0.2, -0.15) is 5.10 Å². The van der Waals surface area contributed by atoms with Gasteiger partial charge in [0.05, 0.1) is 18.5 Å². The van der Waals surface area contributed by atoms with Crippen LogP contribution in [0.1, 0.15) is 30.4 Å². The minimum Gasteiger partial charge on any atom is -0.490 e. The van der Waals surface area contributed by atoms with Crippen molar-refractivity contribution in [1.82, 2.24) is 9.78 Å². The molecule has 1 amide bonds. The summed E-state index contributed by atoms with van der Waals surface area (Å²) < 4.78 is 26.7. The maximum atomic E-state index is 13.7. The molecule has 0 saturated carbocycles. The van der Waals surface area contributed by atoms with Crippen molar-refractivity contribution in [2.24, 2.45) is 0 Å². The number of aromatic nitrogens is 2. The van der Waals surface area contributed by atoms with Gasteiger partial charge in [-0.1, -0.05) is 24.8 Å². The summed E-state index contributed by atoms with van der Waals surface area (Å²) in [6.45, 7) is 6.43. The van der Waals surface area contributed by atoms with Gasteiger partial charge >= 0.3 is 0 Å². The number of rotatable bonds is 7. The van der Waals surface area contributed by atoms with E-state index in [1.807, 2.05) is 25.1 Å². The van der Waals surface area contributed by atoms with Crippen LogP contribution in [0.4, 0.5) is 10.2 Å². The van der Waals surface area contributed by atoms with Crippen molar-refractivity contribution >= 4 is 11.7 Å². The first-order valence-electron chi connectivity index (χ1n) is 9.74. The number of fused-ring (bicyclic) bond motifs is 1. The van der Waals surface area contributed by atoms with E-state index in [0.717, 1.165) is 11.1 Å². The third-order valence-corrected chi connectivity index (χ3v) is 4.90. The van der Waals surface area contributed by atoms with Gasteiger partial charge in [-0.25, -0.2) is 9.07 Å². The first-order chi connectivity index (χ1) is 14.6. The molecule has 1 N–H and O–H groups in total. The van der Waals surface area contributed by atoms with Gasteiger partial charge in [0.2, 0.25) is 5.91 Å². The number of hydrogen-bond donors (Lipinski definition) is 1. The molecule has 6 nitrogen and oxygen atoms in total. The number of hydrogen-bond acceptors (Lipinski definition) is 4. The van der Waals surface area contributed by atoms with E-state index in [1.54, 1.807) is 29.1 Å². The lowest BCUT2D eigenvalue weighted by atomic mass is 9.87. The van der Waals surface area contributed by atoms with Gasteiger partial charge in [0.15, 0.2) is 11.5 Å². The van der Waals surface area contributed by atoms with Gasteiger partial charge in [-0.05, 0) is 42.8 Å². The SMILES string of the molecule is C=CCOc1ccc(C2CC(=O)Nc3c2cnn3-c2cccc(F)c2)cc1OCC. The van der Waals surface area contributed by atoms with E-state index in [-0.39, 0.29) is 24.1 Å². The molecule has 154 valence electrons. The Kier molecular flexibility index (Phi) is 5.52. The Morgan fingerprint density at radius 3 is 2.90 bits per heavy atom. The average molecular weight is 407 g/mol. The standard InChI is InChI=1S/C23H22FN3O3/c1-3-10-30-20-9-8-15(11-21(20)29-4-2)18-13-22(28)26-23-19(18)14-25-27(23)17-7-5-6-16(24)12-17/h3,5-9,11-12,14,18H,1,4,10,13H2,2H3,(H,26,28). The largest absolute Gasteiger partial charge is 0.490 e. The molecule has 0 saturated heterocycles. The summed E-state index contributed by atoms with van der Waals surface area (Å²) in [5.74, 6) is 1.08. The van der Waals surface area contributed by atoms with Crippen LogP contribution in [0.25, 0.3) is 5.69 Å². The molecule has 30 heavy (non-hydrogen) atoms. The molecule has 0 fully saturated rings. The van der Waals surface area contributed by atoms with Crippen LogP contribution in [0.3, 0.4) is 0 Å². The first-order valence-corrected chi connectivity index (χ1v) is 9.74. The second kappa shape index (κ2) is 8.41. The van der Waals surface area contributed by atoms with Crippen LogP contribution in [0.15, 0.2) is 61.3 Å². The number of carbonyl (C=O) groups excluding carboxylic acids is 1. The summed E-state index contributed by atoms with van der Waals surface area (Å²) in [7, 11) is 0. The van der Waals surface area contributed by atoms with E-state index in [2.05, 4.69) is 17.0 Å². The third kappa shape index (κ3) is 3.78. The predicted octanol–water partition coefficient (Wildman–Crippen LogP) is 4.45. The monoisotopic (exact) mass is 407 g/mol. The summed E-state index contributed by atoms with van der Waals surface area (Å²) in [5, 5.41) is 7.28. The lowest BCUT2D eigenvalue weighted by Gasteiger charge is -2.24. The van der Waals surface area contributed by atoms with E-state index in [1.165, 1.54) is 12.1 Å². The Labute approximate surface area is 173 Å². The molecule has 4 rings (SSSR count). The van der Waals surface area contributed by atoms with Crippen LogP contribution >= 0.6 is 0 Å². The molecule has 1 aliphatic heterocycles. The fourth-order valence-corrected chi connectivity index (χ4v) is 3.60. The molecule has 2 heterocycles. The van der Waals surface area contributed by atoms with Crippen LogP contribution in [-0.2, 0) is 4.79 Å². The number of halogens is 1. The number of amides is 1. The molecule has 7 heteroatoms. The van der Waals surface area contributed by atoms with E-state index in [0.29, 0.717) is 36.2 Å². The Hall–Kier alpha value is -3.61. The van der Waals surface area contributed by atoms with Crippen LogP contribution in [0, 0.1) is 5.82 Å². The Bertz CT molecular complexity index is 1090. The summed E-state index contributed by atoms with van der Waals surface area (Å²) in [5.41, 5.74) is 2.32. The zero-order valence-corrected chi connectivity index (χ0v) is 16.6. The highest BCUT2D eigenvalue weighted by atomic mass is 19.1. The molecule has 1 aromatic heterocycles. The van der Waals surface area contributed by atoms with E-state index >= 15 is 0 Å². The van der Waals surface area contributed by atoms with Crippen molar-refractivity contribution in [3.05, 3.63) is 78.3 Å². The van der Waals surface area contributed by atoms with Crippen molar-refractivity contribution in [2.75, 3.05) is 18.5 Å². The minimum absolute atomic E-state index is 0.129. The maximum absolute atomic E-state index is 13.7. The fourth-order valence-electron chi connectivity index (χ4n) is 3.60. The zero-order valence-electron chi connectivity index (χ0n) is 16.6. The van der Waals surface area contributed by atoms with Crippen LogP contribution in [0.5, 0.6) is 11.5 Å². The van der Waals surface area contributed by atoms with Gasteiger partial charge in [-0.3, -0.25) is 4.79 Å². The summed E-state index contributed by atoms with van der Waals surface area (Å²) in [6, 6.07) is 11.8. The molecule has 1 atom stereocenters. The number of benzene rings is 2. The van der Waals surface area contributed by atoms with Gasteiger partial charge < -0.3 is 14.8 Å². The van der Waals surface area contributed by atoms with E-state index in [9.17, 15) is 9.18 Å². The number of carbonyl (C=O) groups is 1. The number of nitrogens with zero attached hydrogens (tertiary/aromatic N) is 2. The fraction of sp³-hybridized carbons (Fsp3) is 0.217. The molecule has 1 aliphatic rings. The molecule has 0 spiro atoms. The van der Waals surface area contributed by atoms with Gasteiger partial charge in [-0.15, -0.1) is 0 Å². The lowest BCUT2D eigenvalue weighted by Crippen LogP contribution is -2.24. The molecule has 0 bridgehead atoms. The second-order valence-corrected chi connectivity index (χ2v) is 6.88. The molecular weight excluding hydrogens is 385 g/mol. The Morgan fingerprint density at radius 1 is 1.27 bits per heavy atom. The molecule has 3 aromatic rings. The normalized spacial score (nSPS) is 15.3. The lowest BCUT2D eigenvalue weighted by molar-refractivity contribution is -0.116.